The zero-order valence-corrected chi connectivity index (χ0v) is 13.9. The van der Waals surface area contributed by atoms with E-state index in [1.165, 1.54) is 0 Å². The summed E-state index contributed by atoms with van der Waals surface area (Å²) in [7, 11) is 1.76. The summed E-state index contributed by atoms with van der Waals surface area (Å²) in [5, 5.41) is 7.13. The van der Waals surface area contributed by atoms with E-state index >= 15 is 0 Å². The Morgan fingerprint density at radius 3 is 2.92 bits per heavy atom. The fourth-order valence-corrected chi connectivity index (χ4v) is 3.14. The molecule has 1 amide bonds. The van der Waals surface area contributed by atoms with Crippen molar-refractivity contribution in [3.8, 4) is 11.5 Å². The molecule has 0 saturated heterocycles. The van der Waals surface area contributed by atoms with Crippen molar-refractivity contribution in [1.82, 2.24) is 30.0 Å². The summed E-state index contributed by atoms with van der Waals surface area (Å²) >= 11 is 0. The highest BCUT2D eigenvalue weighted by Crippen LogP contribution is 2.29. The van der Waals surface area contributed by atoms with Gasteiger partial charge in [-0.2, -0.15) is 5.10 Å². The summed E-state index contributed by atoms with van der Waals surface area (Å²) < 4.78 is 1.57. The Kier molecular flexibility index (Phi) is 3.97. The van der Waals surface area contributed by atoms with E-state index in [1.54, 1.807) is 30.2 Å². The van der Waals surface area contributed by atoms with Crippen molar-refractivity contribution in [3.63, 3.8) is 0 Å². The highest BCUT2D eigenvalue weighted by Gasteiger charge is 2.25. The van der Waals surface area contributed by atoms with Crippen LogP contribution in [-0.4, -0.2) is 30.6 Å². The number of rotatable bonds is 3. The average molecular weight is 334 g/mol. The lowest BCUT2D eigenvalue weighted by molar-refractivity contribution is 0.0923. The maximum Gasteiger partial charge on any atom is 0.270 e. The van der Waals surface area contributed by atoms with Crippen LogP contribution in [0.3, 0.4) is 0 Å². The Hall–Kier alpha value is -3.09. The molecule has 7 nitrogen and oxygen atoms in total. The summed E-state index contributed by atoms with van der Waals surface area (Å²) in [6.45, 7) is 0. The largest absolute Gasteiger partial charge is 0.344 e. The molecule has 0 radical (unpaired) electrons. The lowest BCUT2D eigenvalue weighted by Crippen LogP contribution is -2.32. The van der Waals surface area contributed by atoms with Crippen molar-refractivity contribution in [3.05, 3.63) is 59.8 Å². The van der Waals surface area contributed by atoms with E-state index < -0.39 is 0 Å². The van der Waals surface area contributed by atoms with Gasteiger partial charge in [-0.3, -0.25) is 14.5 Å². The molecule has 0 bridgehead atoms. The second-order valence-corrected chi connectivity index (χ2v) is 6.07. The van der Waals surface area contributed by atoms with Crippen LogP contribution >= 0.6 is 0 Å². The molecular weight excluding hydrogens is 316 g/mol. The fourth-order valence-electron chi connectivity index (χ4n) is 3.14. The molecule has 0 aliphatic heterocycles. The van der Waals surface area contributed by atoms with Crippen LogP contribution < -0.4 is 5.32 Å². The van der Waals surface area contributed by atoms with Crippen LogP contribution in [0.25, 0.3) is 11.5 Å². The van der Waals surface area contributed by atoms with Crippen LogP contribution in [0.5, 0.6) is 0 Å². The van der Waals surface area contributed by atoms with Gasteiger partial charge in [-0.1, -0.05) is 6.07 Å². The number of hydrogen-bond acceptors (Lipinski definition) is 5. The first-order chi connectivity index (χ1) is 12.2. The minimum absolute atomic E-state index is 0.0797. The van der Waals surface area contributed by atoms with Gasteiger partial charge in [0.25, 0.3) is 5.91 Å². The van der Waals surface area contributed by atoms with E-state index in [1.807, 2.05) is 24.4 Å². The lowest BCUT2D eigenvalue weighted by atomic mass is 9.92. The number of amides is 1. The minimum atomic E-state index is -0.133. The highest BCUT2D eigenvalue weighted by molar-refractivity contribution is 5.92. The second kappa shape index (κ2) is 6.43. The number of hydrogen-bond donors (Lipinski definition) is 1. The predicted molar refractivity (Wildman–Crippen MR) is 91.6 cm³/mol. The van der Waals surface area contributed by atoms with Crippen LogP contribution in [0.15, 0.2) is 42.9 Å². The average Bonchev–Trinajstić information content (AvgIpc) is 3.08. The number of fused-ring (bicyclic) bond motifs is 1. The molecule has 3 heterocycles. The van der Waals surface area contributed by atoms with E-state index in [0.717, 1.165) is 36.2 Å². The predicted octanol–water partition coefficient (Wildman–Crippen LogP) is 2.08. The molecule has 7 heteroatoms. The summed E-state index contributed by atoms with van der Waals surface area (Å²) in [5.74, 6) is 0.490. The van der Waals surface area contributed by atoms with Gasteiger partial charge in [0.2, 0.25) is 0 Å². The van der Waals surface area contributed by atoms with E-state index in [9.17, 15) is 4.79 Å². The number of aryl methyl sites for hydroxylation is 2. The van der Waals surface area contributed by atoms with Crippen molar-refractivity contribution in [2.75, 3.05) is 0 Å². The molecule has 4 rings (SSSR count). The van der Waals surface area contributed by atoms with Crippen molar-refractivity contribution in [2.24, 2.45) is 7.05 Å². The molecule has 0 unspecified atom stereocenters. The monoisotopic (exact) mass is 334 g/mol. The minimum Gasteiger partial charge on any atom is -0.344 e. The molecule has 3 aromatic rings. The van der Waals surface area contributed by atoms with Crippen molar-refractivity contribution < 1.29 is 4.79 Å². The topological polar surface area (TPSA) is 85.6 Å². The zero-order chi connectivity index (χ0) is 17.2. The molecule has 1 N–H and O–H groups in total. The summed E-state index contributed by atoms with van der Waals surface area (Å²) in [6, 6.07) is 7.31. The number of aromatic nitrogens is 5. The first-order valence-electron chi connectivity index (χ1n) is 8.28. The first kappa shape index (κ1) is 15.4. The molecular formula is C18H18N6O. The smallest absolute Gasteiger partial charge is 0.270 e. The fraction of sp³-hybridized carbons (Fsp3) is 0.278. The van der Waals surface area contributed by atoms with Gasteiger partial charge < -0.3 is 5.32 Å². The van der Waals surface area contributed by atoms with Gasteiger partial charge in [-0.15, -0.1) is 0 Å². The number of carbonyl (C=O) groups is 1. The van der Waals surface area contributed by atoms with E-state index in [2.05, 4.69) is 25.4 Å². The van der Waals surface area contributed by atoms with Crippen LogP contribution in [0.2, 0.25) is 0 Å². The summed E-state index contributed by atoms with van der Waals surface area (Å²) in [6.07, 6.45) is 7.90. The molecule has 0 fully saturated rings. The maximum atomic E-state index is 12.5. The molecule has 25 heavy (non-hydrogen) atoms. The van der Waals surface area contributed by atoms with Gasteiger partial charge in [-0.25, -0.2) is 9.97 Å². The van der Waals surface area contributed by atoms with Gasteiger partial charge in [0, 0.05) is 36.9 Å². The van der Waals surface area contributed by atoms with Crippen molar-refractivity contribution in [1.29, 1.82) is 0 Å². The number of nitrogens with one attached hydrogen (secondary N) is 1. The van der Waals surface area contributed by atoms with Crippen LogP contribution in [0.4, 0.5) is 0 Å². The maximum absolute atomic E-state index is 12.5. The van der Waals surface area contributed by atoms with Crippen LogP contribution in [0, 0.1) is 0 Å². The molecule has 0 aromatic carbocycles. The highest BCUT2D eigenvalue weighted by atomic mass is 16.2. The normalized spacial score (nSPS) is 16.3. The summed E-state index contributed by atoms with van der Waals surface area (Å²) in [5.41, 5.74) is 3.27. The van der Waals surface area contributed by atoms with Gasteiger partial charge in [0.1, 0.15) is 11.4 Å². The summed E-state index contributed by atoms with van der Waals surface area (Å²) in [4.78, 5) is 25.9. The molecule has 3 aromatic heterocycles. The van der Waals surface area contributed by atoms with E-state index in [4.69, 9.17) is 0 Å². The van der Waals surface area contributed by atoms with Crippen LogP contribution in [0.1, 0.15) is 40.6 Å². The van der Waals surface area contributed by atoms with E-state index in [-0.39, 0.29) is 11.9 Å². The van der Waals surface area contributed by atoms with Gasteiger partial charge in [-0.05, 0) is 37.5 Å². The lowest BCUT2D eigenvalue weighted by Gasteiger charge is -2.25. The van der Waals surface area contributed by atoms with Gasteiger partial charge in [0.15, 0.2) is 5.82 Å². The Morgan fingerprint density at radius 2 is 2.16 bits per heavy atom. The Labute approximate surface area is 145 Å². The first-order valence-corrected chi connectivity index (χ1v) is 8.28. The zero-order valence-electron chi connectivity index (χ0n) is 13.9. The Morgan fingerprint density at radius 1 is 1.24 bits per heavy atom. The second-order valence-electron chi connectivity index (χ2n) is 6.07. The van der Waals surface area contributed by atoms with Crippen molar-refractivity contribution >= 4 is 5.91 Å². The van der Waals surface area contributed by atoms with Gasteiger partial charge >= 0.3 is 0 Å². The third-order valence-corrected chi connectivity index (χ3v) is 4.43. The molecule has 1 aliphatic rings. The quantitative estimate of drug-likeness (QED) is 0.792. The molecule has 1 atom stereocenters. The number of carbonyl (C=O) groups excluding carboxylic acids is 1. The van der Waals surface area contributed by atoms with Crippen LogP contribution in [-0.2, 0) is 13.5 Å². The SMILES string of the molecule is Cn1nccc1C(=O)N[C@H]1CCCc2nc(-c3ccccn3)ncc21. The molecule has 0 spiro atoms. The molecule has 0 saturated carbocycles. The number of pyridine rings is 1. The van der Waals surface area contributed by atoms with Crippen molar-refractivity contribution in [2.45, 2.75) is 25.3 Å². The third-order valence-electron chi connectivity index (χ3n) is 4.43. The molecule has 126 valence electrons. The van der Waals surface area contributed by atoms with E-state index in [0.29, 0.717) is 11.5 Å². The Bertz CT molecular complexity index is 905. The standard InChI is InChI=1S/C18H18N6O/c1-24-16(8-10-21-24)18(25)23-14-7-4-6-13-12(14)11-20-17(22-13)15-5-2-3-9-19-15/h2-3,5,8-11,14H,4,6-7H2,1H3,(H,23,25)/t14-/m0/s1. The third kappa shape index (κ3) is 3.00. The number of nitrogens with zero attached hydrogens (tertiary/aromatic N) is 5. The Balaban J connectivity index is 1.60. The molecule has 1 aliphatic carbocycles. The van der Waals surface area contributed by atoms with Gasteiger partial charge in [0.05, 0.1) is 6.04 Å².